The van der Waals surface area contributed by atoms with Crippen LogP contribution in [0.1, 0.15) is 26.7 Å². The van der Waals surface area contributed by atoms with Gasteiger partial charge in [0.15, 0.2) is 0 Å². The minimum Gasteiger partial charge on any atom is -0.323 e. The lowest BCUT2D eigenvalue weighted by Gasteiger charge is -2.49. The van der Waals surface area contributed by atoms with Crippen molar-refractivity contribution in [1.29, 1.82) is 0 Å². The predicted octanol–water partition coefficient (Wildman–Crippen LogP) is 1.33. The summed E-state index contributed by atoms with van der Waals surface area (Å²) in [7, 11) is -3.60. The fourth-order valence-electron chi connectivity index (χ4n) is 1.76. The first-order valence-corrected chi connectivity index (χ1v) is 7.41. The van der Waals surface area contributed by atoms with Crippen molar-refractivity contribution in [3.63, 3.8) is 0 Å². The Balaban J connectivity index is 2.44. The van der Waals surface area contributed by atoms with E-state index in [1.807, 2.05) is 13.8 Å². The van der Waals surface area contributed by atoms with Gasteiger partial charge < -0.3 is 5.73 Å². The molecule has 4 nitrogen and oxygen atoms in total. The van der Waals surface area contributed by atoms with Crippen molar-refractivity contribution in [3.8, 4) is 0 Å². The van der Waals surface area contributed by atoms with Crippen molar-refractivity contribution in [3.05, 3.63) is 0 Å². The average Bonchev–Trinajstić information content (AvgIpc) is 2.09. The molecule has 0 unspecified atom stereocenters. The van der Waals surface area contributed by atoms with Gasteiger partial charge in [0.25, 0.3) is 0 Å². The Morgan fingerprint density at radius 1 is 1.33 bits per heavy atom. The first-order chi connectivity index (χ1) is 7.96. The SMILES string of the molecule is CC(C)C1(N)CN(S(=O)(=O)CCCC(F)(F)F)C1. The Bertz CT molecular complexity index is 386. The summed E-state index contributed by atoms with van der Waals surface area (Å²) in [4.78, 5) is 0. The van der Waals surface area contributed by atoms with Crippen molar-refractivity contribution < 1.29 is 21.6 Å². The van der Waals surface area contributed by atoms with Gasteiger partial charge in [-0.2, -0.15) is 17.5 Å². The highest BCUT2D eigenvalue weighted by Gasteiger charge is 2.47. The summed E-state index contributed by atoms with van der Waals surface area (Å²) in [5.74, 6) is -0.333. The molecule has 0 radical (unpaired) electrons. The fourth-order valence-corrected chi connectivity index (χ4v) is 3.40. The van der Waals surface area contributed by atoms with Crippen molar-refractivity contribution in [1.82, 2.24) is 4.31 Å². The molecule has 18 heavy (non-hydrogen) atoms. The van der Waals surface area contributed by atoms with Crippen LogP contribution in [0, 0.1) is 5.92 Å². The lowest BCUT2D eigenvalue weighted by molar-refractivity contribution is -0.134. The summed E-state index contributed by atoms with van der Waals surface area (Å²) < 4.78 is 60.4. The highest BCUT2D eigenvalue weighted by atomic mass is 32.2. The van der Waals surface area contributed by atoms with Gasteiger partial charge in [0.1, 0.15) is 0 Å². The molecule has 1 heterocycles. The van der Waals surface area contributed by atoms with E-state index >= 15 is 0 Å². The van der Waals surface area contributed by atoms with Gasteiger partial charge in [0, 0.05) is 25.0 Å². The van der Waals surface area contributed by atoms with Crippen LogP contribution < -0.4 is 5.73 Å². The summed E-state index contributed by atoms with van der Waals surface area (Å²) in [6, 6.07) is 0. The largest absolute Gasteiger partial charge is 0.389 e. The number of hydrogen-bond acceptors (Lipinski definition) is 3. The first-order valence-electron chi connectivity index (χ1n) is 5.80. The van der Waals surface area contributed by atoms with Crippen molar-refractivity contribution >= 4 is 10.0 Å². The molecule has 8 heteroatoms. The van der Waals surface area contributed by atoms with Gasteiger partial charge in [-0.15, -0.1) is 0 Å². The number of rotatable bonds is 5. The highest BCUT2D eigenvalue weighted by molar-refractivity contribution is 7.89. The van der Waals surface area contributed by atoms with Crippen LogP contribution in [0.15, 0.2) is 0 Å². The molecule has 2 N–H and O–H groups in total. The Labute approximate surface area is 105 Å². The van der Waals surface area contributed by atoms with Crippen LogP contribution in [0.5, 0.6) is 0 Å². The second-order valence-electron chi connectivity index (χ2n) is 5.19. The zero-order valence-electron chi connectivity index (χ0n) is 10.5. The van der Waals surface area contributed by atoms with Crippen LogP contribution in [0.3, 0.4) is 0 Å². The number of sulfonamides is 1. The average molecular weight is 288 g/mol. The Kier molecular flexibility index (Phi) is 4.34. The van der Waals surface area contributed by atoms with E-state index in [0.717, 1.165) is 0 Å². The molecular formula is C10H19F3N2O2S. The molecule has 0 amide bonds. The minimum atomic E-state index is -4.31. The van der Waals surface area contributed by atoms with E-state index in [9.17, 15) is 21.6 Å². The number of nitrogens with zero attached hydrogens (tertiary/aromatic N) is 1. The lowest BCUT2D eigenvalue weighted by atomic mass is 9.82. The molecule has 1 rings (SSSR count). The summed E-state index contributed by atoms with van der Waals surface area (Å²) in [5.41, 5.74) is 5.40. The van der Waals surface area contributed by atoms with E-state index in [1.54, 1.807) is 0 Å². The van der Waals surface area contributed by atoms with Gasteiger partial charge in [-0.1, -0.05) is 13.8 Å². The third-order valence-electron chi connectivity index (χ3n) is 3.35. The normalized spacial score (nSPS) is 21.1. The van der Waals surface area contributed by atoms with E-state index in [4.69, 9.17) is 5.73 Å². The van der Waals surface area contributed by atoms with E-state index in [-0.39, 0.29) is 19.0 Å². The zero-order valence-corrected chi connectivity index (χ0v) is 11.3. The van der Waals surface area contributed by atoms with Crippen LogP contribution in [0.4, 0.5) is 13.2 Å². The van der Waals surface area contributed by atoms with E-state index in [2.05, 4.69) is 0 Å². The maximum Gasteiger partial charge on any atom is 0.389 e. The van der Waals surface area contributed by atoms with E-state index in [1.165, 1.54) is 4.31 Å². The highest BCUT2D eigenvalue weighted by Crippen LogP contribution is 2.29. The lowest BCUT2D eigenvalue weighted by Crippen LogP contribution is -2.71. The summed E-state index contributed by atoms with van der Waals surface area (Å²) in [6.07, 6.45) is -5.78. The third kappa shape index (κ3) is 3.83. The quantitative estimate of drug-likeness (QED) is 0.830. The smallest absolute Gasteiger partial charge is 0.323 e. The van der Waals surface area contributed by atoms with Crippen LogP contribution in [0.2, 0.25) is 0 Å². The van der Waals surface area contributed by atoms with Crippen molar-refractivity contribution in [2.75, 3.05) is 18.8 Å². The molecule has 0 bridgehead atoms. The molecule has 0 aliphatic carbocycles. The molecule has 0 spiro atoms. The minimum absolute atomic E-state index is 0.138. The molecular weight excluding hydrogens is 269 g/mol. The summed E-state index contributed by atoms with van der Waals surface area (Å²) in [6.45, 7) is 4.18. The van der Waals surface area contributed by atoms with E-state index in [0.29, 0.717) is 0 Å². The molecule has 1 saturated heterocycles. The number of nitrogens with two attached hydrogens (primary N) is 1. The number of hydrogen-bond donors (Lipinski definition) is 1. The van der Waals surface area contributed by atoms with Gasteiger partial charge in [-0.25, -0.2) is 8.42 Å². The zero-order chi connectivity index (χ0) is 14.2. The van der Waals surface area contributed by atoms with Crippen molar-refractivity contribution in [2.24, 2.45) is 11.7 Å². The van der Waals surface area contributed by atoms with Crippen LogP contribution in [0.25, 0.3) is 0 Å². The molecule has 0 aromatic carbocycles. The van der Waals surface area contributed by atoms with Gasteiger partial charge in [-0.3, -0.25) is 0 Å². The molecule has 1 aliphatic heterocycles. The van der Waals surface area contributed by atoms with Gasteiger partial charge in [-0.05, 0) is 12.3 Å². The van der Waals surface area contributed by atoms with Crippen LogP contribution in [-0.2, 0) is 10.0 Å². The molecule has 108 valence electrons. The Hall–Kier alpha value is -0.340. The predicted molar refractivity (Wildman–Crippen MR) is 62.4 cm³/mol. The molecule has 1 fully saturated rings. The fraction of sp³-hybridized carbons (Fsp3) is 1.00. The van der Waals surface area contributed by atoms with Gasteiger partial charge in [0.2, 0.25) is 10.0 Å². The topological polar surface area (TPSA) is 63.4 Å². The third-order valence-corrected chi connectivity index (χ3v) is 5.20. The number of alkyl halides is 3. The molecule has 0 saturated carbocycles. The standard InChI is InChI=1S/C10H19F3N2O2S/c1-8(2)9(14)6-15(7-9)18(16,17)5-3-4-10(11,12)13/h8H,3-7,14H2,1-2H3. The maximum atomic E-state index is 11.9. The summed E-state index contributed by atoms with van der Waals surface area (Å²) in [5, 5.41) is 0. The monoisotopic (exact) mass is 288 g/mol. The van der Waals surface area contributed by atoms with Gasteiger partial charge in [0.05, 0.1) is 5.75 Å². The van der Waals surface area contributed by atoms with Gasteiger partial charge >= 0.3 is 6.18 Å². The molecule has 0 aromatic rings. The van der Waals surface area contributed by atoms with Crippen molar-refractivity contribution in [2.45, 2.75) is 38.4 Å². The summed E-state index contributed by atoms with van der Waals surface area (Å²) >= 11 is 0. The van der Waals surface area contributed by atoms with Crippen LogP contribution >= 0.6 is 0 Å². The molecule has 0 atom stereocenters. The molecule has 0 aromatic heterocycles. The Morgan fingerprint density at radius 3 is 2.22 bits per heavy atom. The molecule has 1 aliphatic rings. The van der Waals surface area contributed by atoms with Crippen LogP contribution in [-0.4, -0.2) is 43.3 Å². The maximum absolute atomic E-state index is 11.9. The number of halogens is 3. The first kappa shape index (κ1) is 15.7. The second-order valence-corrected chi connectivity index (χ2v) is 7.28. The Morgan fingerprint density at radius 2 is 1.83 bits per heavy atom. The van der Waals surface area contributed by atoms with E-state index < -0.39 is 40.3 Å². The second kappa shape index (κ2) is 4.97.